The first-order valence-corrected chi connectivity index (χ1v) is 14.5. The first kappa shape index (κ1) is 30.7. The number of ether oxygens (including phenoxy) is 2. The summed E-state index contributed by atoms with van der Waals surface area (Å²) in [5, 5.41) is 11.3. The van der Waals surface area contributed by atoms with Gasteiger partial charge in [0.25, 0.3) is 0 Å². The number of hydrogen-bond acceptors (Lipinski definition) is 3. The maximum absolute atomic E-state index is 11.4. The summed E-state index contributed by atoms with van der Waals surface area (Å²) in [6.07, 6.45) is -0.221. The first-order chi connectivity index (χ1) is 18.8. The number of aliphatic carboxylic acids is 1. The van der Waals surface area contributed by atoms with Crippen LogP contribution in [-0.2, 0) is 14.9 Å². The van der Waals surface area contributed by atoms with Crippen LogP contribution in [0.15, 0.2) is 66.7 Å². The van der Waals surface area contributed by atoms with Gasteiger partial charge in [-0.05, 0) is 71.8 Å². The van der Waals surface area contributed by atoms with Crippen molar-refractivity contribution >= 4 is 52.4 Å². The summed E-state index contributed by atoms with van der Waals surface area (Å²) >= 11 is 25.7. The Morgan fingerprint density at radius 1 is 0.950 bits per heavy atom. The first-order valence-electron chi connectivity index (χ1n) is 13.0. The van der Waals surface area contributed by atoms with Gasteiger partial charge in [0.2, 0.25) is 0 Å². The van der Waals surface area contributed by atoms with Gasteiger partial charge in [-0.1, -0.05) is 97.5 Å². The van der Waals surface area contributed by atoms with E-state index in [1.807, 2.05) is 55.5 Å². The van der Waals surface area contributed by atoms with E-state index >= 15 is 0 Å². The van der Waals surface area contributed by atoms with E-state index in [4.69, 9.17) is 55.9 Å². The van der Waals surface area contributed by atoms with Gasteiger partial charge in [0.15, 0.2) is 6.61 Å². The van der Waals surface area contributed by atoms with Gasteiger partial charge in [-0.25, -0.2) is 4.79 Å². The van der Waals surface area contributed by atoms with E-state index in [9.17, 15) is 9.90 Å². The maximum atomic E-state index is 11.4. The lowest BCUT2D eigenvalue weighted by molar-refractivity contribution is -0.139. The Bertz CT molecular complexity index is 1410. The Morgan fingerprint density at radius 3 is 2.17 bits per heavy atom. The van der Waals surface area contributed by atoms with Gasteiger partial charge in [0.05, 0.1) is 27.3 Å². The summed E-state index contributed by atoms with van der Waals surface area (Å²) in [7, 11) is 0. The molecule has 4 nitrogen and oxygen atoms in total. The van der Waals surface area contributed by atoms with Gasteiger partial charge in [-0.15, -0.1) is 0 Å². The average molecular weight is 622 g/mol. The van der Waals surface area contributed by atoms with Crippen LogP contribution < -0.4 is 4.74 Å². The highest BCUT2D eigenvalue weighted by atomic mass is 35.5. The third-order valence-electron chi connectivity index (χ3n) is 7.32. The fourth-order valence-corrected chi connectivity index (χ4v) is 5.89. The molecule has 40 heavy (non-hydrogen) atoms. The van der Waals surface area contributed by atoms with Crippen LogP contribution in [0.1, 0.15) is 74.5 Å². The van der Waals surface area contributed by atoms with Crippen molar-refractivity contribution in [1.82, 2.24) is 0 Å². The topological polar surface area (TPSA) is 55.8 Å². The molecule has 0 aliphatic carbocycles. The molecule has 0 amide bonds. The van der Waals surface area contributed by atoms with Crippen LogP contribution in [0.4, 0.5) is 0 Å². The minimum atomic E-state index is -1.10. The van der Waals surface area contributed by atoms with E-state index in [2.05, 4.69) is 27.4 Å². The number of carbonyl (C=O) groups is 1. The molecule has 1 aliphatic rings. The molecule has 0 unspecified atom stereocenters. The summed E-state index contributed by atoms with van der Waals surface area (Å²) in [4.78, 5) is 11.4. The van der Waals surface area contributed by atoms with Crippen molar-refractivity contribution in [2.45, 2.75) is 57.7 Å². The highest BCUT2D eigenvalue weighted by Crippen LogP contribution is 2.54. The lowest BCUT2D eigenvalue weighted by Gasteiger charge is -2.43. The van der Waals surface area contributed by atoms with Gasteiger partial charge < -0.3 is 14.6 Å². The second-order valence-corrected chi connectivity index (χ2v) is 13.0. The molecule has 1 fully saturated rings. The van der Waals surface area contributed by atoms with Crippen molar-refractivity contribution in [1.29, 1.82) is 0 Å². The SMILES string of the molecule is C=C(C)[C@@H]1C[C@@H](c2ccc(Cl)c(Cl)c2)[C@@H](c2ccc(Cl)cc2)O[C@H]1c1cc(C(C)(C)C)cc(Cl)c1OCC(=O)O. The zero-order chi connectivity index (χ0) is 29.4. The molecule has 3 aromatic carbocycles. The average Bonchev–Trinajstić information content (AvgIpc) is 2.88. The molecule has 8 heteroatoms. The highest BCUT2D eigenvalue weighted by Gasteiger charge is 2.42. The van der Waals surface area contributed by atoms with Crippen LogP contribution >= 0.6 is 46.4 Å². The van der Waals surface area contributed by atoms with Crippen LogP contribution in [0, 0.1) is 5.92 Å². The molecule has 4 atom stereocenters. The minimum Gasteiger partial charge on any atom is -0.480 e. The normalized spacial score (nSPS) is 21.2. The van der Waals surface area contributed by atoms with Crippen molar-refractivity contribution in [2.24, 2.45) is 5.92 Å². The Balaban J connectivity index is 1.90. The molecule has 4 rings (SSSR count). The van der Waals surface area contributed by atoms with E-state index < -0.39 is 18.7 Å². The molecule has 1 aliphatic heterocycles. The Kier molecular flexibility index (Phi) is 9.49. The lowest BCUT2D eigenvalue weighted by Crippen LogP contribution is -2.32. The molecule has 1 heterocycles. The predicted molar refractivity (Wildman–Crippen MR) is 163 cm³/mol. The third-order valence-corrected chi connectivity index (χ3v) is 8.59. The highest BCUT2D eigenvalue weighted by molar-refractivity contribution is 6.42. The molecule has 1 saturated heterocycles. The Morgan fingerprint density at radius 2 is 1.60 bits per heavy atom. The van der Waals surface area contributed by atoms with E-state index in [0.29, 0.717) is 37.8 Å². The monoisotopic (exact) mass is 620 g/mol. The number of hydrogen-bond donors (Lipinski definition) is 1. The number of halogens is 4. The van der Waals surface area contributed by atoms with Crippen molar-refractivity contribution < 1.29 is 19.4 Å². The number of carboxylic acids is 1. The van der Waals surface area contributed by atoms with Crippen LogP contribution in [0.25, 0.3) is 0 Å². The summed E-state index contributed by atoms with van der Waals surface area (Å²) in [6, 6.07) is 17.1. The summed E-state index contributed by atoms with van der Waals surface area (Å²) in [5.41, 5.74) is 4.30. The molecular formula is C32H32Cl4O4. The zero-order valence-corrected chi connectivity index (χ0v) is 25.8. The maximum Gasteiger partial charge on any atom is 0.341 e. The molecule has 1 N–H and O–H groups in total. The van der Waals surface area contributed by atoms with Gasteiger partial charge in [0.1, 0.15) is 5.75 Å². The molecule has 0 aromatic heterocycles. The largest absolute Gasteiger partial charge is 0.480 e. The van der Waals surface area contributed by atoms with Gasteiger partial charge >= 0.3 is 5.97 Å². The molecule has 3 aromatic rings. The van der Waals surface area contributed by atoms with Gasteiger partial charge in [0, 0.05) is 22.4 Å². The Labute approximate surface area is 255 Å². The summed E-state index contributed by atoms with van der Waals surface area (Å²) in [5.74, 6) is -1.02. The van der Waals surface area contributed by atoms with Crippen LogP contribution in [0.5, 0.6) is 5.75 Å². The fourth-order valence-electron chi connectivity index (χ4n) is 5.18. The van der Waals surface area contributed by atoms with Crippen molar-refractivity contribution in [3.05, 3.63) is 109 Å². The van der Waals surface area contributed by atoms with Gasteiger partial charge in [-0.2, -0.15) is 0 Å². The smallest absolute Gasteiger partial charge is 0.341 e. The van der Waals surface area contributed by atoms with E-state index in [1.165, 1.54) is 0 Å². The van der Waals surface area contributed by atoms with Gasteiger partial charge in [-0.3, -0.25) is 0 Å². The van der Waals surface area contributed by atoms with E-state index in [1.54, 1.807) is 6.07 Å². The second-order valence-electron chi connectivity index (χ2n) is 11.3. The van der Waals surface area contributed by atoms with Crippen LogP contribution in [0.2, 0.25) is 20.1 Å². The molecule has 0 spiro atoms. The lowest BCUT2D eigenvalue weighted by atomic mass is 9.73. The third kappa shape index (κ3) is 6.80. The number of rotatable bonds is 7. The van der Waals surface area contributed by atoms with Crippen molar-refractivity contribution in [3.63, 3.8) is 0 Å². The second kappa shape index (κ2) is 12.3. The van der Waals surface area contributed by atoms with Crippen molar-refractivity contribution in [3.8, 4) is 5.75 Å². The quantitative estimate of drug-likeness (QED) is 0.267. The molecule has 0 radical (unpaired) electrons. The zero-order valence-electron chi connectivity index (χ0n) is 22.8. The predicted octanol–water partition coefficient (Wildman–Crippen LogP) is 10.2. The Hall–Kier alpha value is -2.21. The van der Waals surface area contributed by atoms with E-state index in [0.717, 1.165) is 22.3 Å². The molecule has 0 saturated carbocycles. The number of carboxylic acid groups (broad SMARTS) is 1. The summed E-state index contributed by atoms with van der Waals surface area (Å²) < 4.78 is 12.8. The minimum absolute atomic E-state index is 0.0847. The van der Waals surface area contributed by atoms with Crippen LogP contribution in [-0.4, -0.2) is 17.7 Å². The van der Waals surface area contributed by atoms with Crippen LogP contribution in [0.3, 0.4) is 0 Å². The van der Waals surface area contributed by atoms with Crippen molar-refractivity contribution in [2.75, 3.05) is 6.61 Å². The molecular weight excluding hydrogens is 590 g/mol. The summed E-state index contributed by atoms with van der Waals surface area (Å²) in [6.45, 7) is 12.0. The molecule has 0 bridgehead atoms. The molecule has 212 valence electrons. The van der Waals surface area contributed by atoms with E-state index in [-0.39, 0.29) is 23.4 Å². The standard InChI is InChI=1S/C32H32Cl4O4/c1-17(2)22-15-23(19-8-11-25(34)26(35)12-19)29(18-6-9-21(33)10-7-18)40-30(22)24-13-20(32(3,4)5)14-27(36)31(24)39-16-28(37)38/h6-14,22-23,29-30H,1,15-16H2,2-5H3,(H,37,38)/t22-,23-,29+,30+/m0/s1. The fraction of sp³-hybridized carbons (Fsp3) is 0.344. The number of benzene rings is 3.